The third kappa shape index (κ3) is 4.65. The number of nitriles is 1. The summed E-state index contributed by atoms with van der Waals surface area (Å²) in [4.78, 5) is 4.55. The molecule has 0 aliphatic carbocycles. The Labute approximate surface area is 201 Å². The summed E-state index contributed by atoms with van der Waals surface area (Å²) in [5.41, 5.74) is 1.39. The third-order valence-electron chi connectivity index (χ3n) is 5.15. The van der Waals surface area contributed by atoms with Gasteiger partial charge >= 0.3 is 6.18 Å². The lowest BCUT2D eigenvalue weighted by molar-refractivity contribution is -0.137. The van der Waals surface area contributed by atoms with Gasteiger partial charge in [-0.15, -0.1) is 11.3 Å². The van der Waals surface area contributed by atoms with E-state index in [1.54, 1.807) is 35.9 Å². The third-order valence-corrected chi connectivity index (χ3v) is 5.97. The van der Waals surface area contributed by atoms with E-state index in [1.165, 1.54) is 22.9 Å². The fourth-order valence-corrected chi connectivity index (χ4v) is 4.28. The van der Waals surface area contributed by atoms with Gasteiger partial charge < -0.3 is 4.42 Å². The number of halogens is 3. The van der Waals surface area contributed by atoms with Gasteiger partial charge in [-0.05, 0) is 42.0 Å². The minimum atomic E-state index is -4.55. The van der Waals surface area contributed by atoms with Gasteiger partial charge in [0.05, 0.1) is 29.1 Å². The summed E-state index contributed by atoms with van der Waals surface area (Å²) in [6, 6.07) is 23.3. The number of alkyl halides is 3. The molecule has 5 nitrogen and oxygen atoms in total. The maximum Gasteiger partial charge on any atom is 0.418 e. The lowest BCUT2D eigenvalue weighted by Gasteiger charge is -2.08. The van der Waals surface area contributed by atoms with Gasteiger partial charge in [0.25, 0.3) is 0 Å². The van der Waals surface area contributed by atoms with Crippen molar-refractivity contribution >= 4 is 34.2 Å². The highest BCUT2D eigenvalue weighted by Gasteiger charge is 2.33. The van der Waals surface area contributed by atoms with E-state index in [0.717, 1.165) is 22.8 Å². The van der Waals surface area contributed by atoms with Gasteiger partial charge in [-0.2, -0.15) is 23.5 Å². The largest absolute Gasteiger partial charge is 0.454 e. The van der Waals surface area contributed by atoms with Crippen LogP contribution in [0.2, 0.25) is 0 Å². The molecule has 0 N–H and O–H groups in total. The van der Waals surface area contributed by atoms with Crippen molar-refractivity contribution in [3.63, 3.8) is 0 Å². The van der Waals surface area contributed by atoms with E-state index in [1.807, 2.05) is 30.3 Å². The van der Waals surface area contributed by atoms with Crippen molar-refractivity contribution in [2.45, 2.75) is 6.18 Å². The molecule has 0 saturated heterocycles. The van der Waals surface area contributed by atoms with Gasteiger partial charge in [0.1, 0.15) is 11.3 Å². The number of para-hydroxylation sites is 2. The molecule has 0 atom stereocenters. The van der Waals surface area contributed by atoms with E-state index in [0.29, 0.717) is 28.2 Å². The predicted molar refractivity (Wildman–Crippen MR) is 128 cm³/mol. The van der Waals surface area contributed by atoms with Gasteiger partial charge in [-0.25, -0.2) is 9.67 Å². The number of fused-ring (bicyclic) bond motifs is 1. The quantitative estimate of drug-likeness (QED) is 0.257. The highest BCUT2D eigenvalue weighted by atomic mass is 32.1. The molecule has 0 fully saturated rings. The second-order valence-corrected chi connectivity index (χ2v) is 8.31. The van der Waals surface area contributed by atoms with Crippen molar-refractivity contribution in [3.8, 4) is 17.5 Å². The Morgan fingerprint density at radius 1 is 0.971 bits per heavy atom. The number of hydrogen-bond donors (Lipinski definition) is 0. The summed E-state index contributed by atoms with van der Waals surface area (Å²) in [6.45, 7) is 0. The van der Waals surface area contributed by atoms with Gasteiger partial charge in [0, 0.05) is 10.8 Å². The lowest BCUT2D eigenvalue weighted by Crippen LogP contribution is -2.12. The Morgan fingerprint density at radius 2 is 1.71 bits per heavy atom. The summed E-state index contributed by atoms with van der Waals surface area (Å²) in [5.74, 6) is 0.505. The van der Waals surface area contributed by atoms with Crippen LogP contribution in [0.3, 0.4) is 0 Å². The first-order valence-electron chi connectivity index (χ1n) is 10.4. The molecule has 0 saturated carbocycles. The van der Waals surface area contributed by atoms with Crippen LogP contribution in [-0.4, -0.2) is 10.9 Å². The minimum absolute atomic E-state index is 0.208. The van der Waals surface area contributed by atoms with Crippen molar-refractivity contribution in [1.29, 1.82) is 5.26 Å². The molecule has 5 rings (SSSR count). The van der Waals surface area contributed by atoms with Crippen LogP contribution in [-0.2, 0) is 6.18 Å². The summed E-state index contributed by atoms with van der Waals surface area (Å²) < 4.78 is 48.0. The molecule has 9 heteroatoms. The molecule has 0 radical (unpaired) electrons. The molecule has 172 valence electrons. The minimum Gasteiger partial charge on any atom is -0.454 e. The Kier molecular flexibility index (Phi) is 5.81. The van der Waals surface area contributed by atoms with Crippen LogP contribution in [0, 0.1) is 11.3 Å². The van der Waals surface area contributed by atoms with Crippen LogP contribution in [0.25, 0.3) is 22.4 Å². The molecule has 3 aromatic carbocycles. The maximum absolute atomic E-state index is 13.5. The Bertz CT molecular complexity index is 1620. The first-order chi connectivity index (χ1) is 16.9. The highest BCUT2D eigenvalue weighted by molar-refractivity contribution is 7.07. The van der Waals surface area contributed by atoms with E-state index in [9.17, 15) is 13.2 Å². The molecular formula is C26H15F3N4OS. The van der Waals surface area contributed by atoms with E-state index >= 15 is 0 Å². The summed E-state index contributed by atoms with van der Waals surface area (Å²) in [6.07, 6.45) is -3.00. The fraction of sp³-hybridized carbons (Fsp3) is 0.0385. The number of nitrogens with zero attached hydrogens (tertiary/aromatic N) is 4. The zero-order chi connectivity index (χ0) is 24.4. The first kappa shape index (κ1) is 22.4. The fourth-order valence-electron chi connectivity index (χ4n) is 3.45. The van der Waals surface area contributed by atoms with E-state index in [4.69, 9.17) is 9.68 Å². The lowest BCUT2D eigenvalue weighted by atomic mass is 10.2. The molecule has 0 aliphatic rings. The molecule has 2 aromatic heterocycles. The smallest absolute Gasteiger partial charge is 0.418 e. The number of aromatic nitrogens is 1. The highest BCUT2D eigenvalue weighted by Crippen LogP contribution is 2.36. The van der Waals surface area contributed by atoms with Gasteiger partial charge in [0.2, 0.25) is 4.80 Å². The molecule has 35 heavy (non-hydrogen) atoms. The van der Waals surface area contributed by atoms with Crippen molar-refractivity contribution < 1.29 is 17.6 Å². The average Bonchev–Trinajstić information content (AvgIpc) is 3.46. The molecule has 0 bridgehead atoms. The number of rotatable bonds is 4. The van der Waals surface area contributed by atoms with E-state index in [-0.39, 0.29) is 10.5 Å². The molecule has 0 aliphatic heterocycles. The second-order valence-electron chi connectivity index (χ2n) is 7.47. The summed E-state index contributed by atoms with van der Waals surface area (Å²) in [5, 5.41) is 16.1. The number of furan rings is 1. The molecule has 0 unspecified atom stereocenters. The Morgan fingerprint density at radius 3 is 2.46 bits per heavy atom. The normalized spacial score (nSPS) is 12.5. The number of thiazole rings is 1. The topological polar surface area (TPSA) is 66.6 Å². The van der Waals surface area contributed by atoms with Crippen molar-refractivity contribution in [1.82, 2.24) is 4.68 Å². The first-order valence-corrected chi connectivity index (χ1v) is 11.3. The van der Waals surface area contributed by atoms with Crippen LogP contribution in [0.1, 0.15) is 16.7 Å². The zero-order valence-electron chi connectivity index (χ0n) is 17.9. The van der Waals surface area contributed by atoms with Crippen molar-refractivity contribution in [2.24, 2.45) is 10.1 Å². The van der Waals surface area contributed by atoms with Gasteiger partial charge in [-0.1, -0.05) is 42.5 Å². The maximum atomic E-state index is 13.5. The SMILES string of the molecule is N#Cc1ccc(C=Nn2c(-c3cc4ccccc4o3)csc2=Nc2ccccc2C(F)(F)F)cc1. The molecule has 0 amide bonds. The van der Waals surface area contributed by atoms with Crippen LogP contribution in [0.15, 0.2) is 98.8 Å². The molecule has 2 heterocycles. The second kappa shape index (κ2) is 9.08. The molecular weight excluding hydrogens is 473 g/mol. The zero-order valence-corrected chi connectivity index (χ0v) is 18.7. The van der Waals surface area contributed by atoms with Crippen LogP contribution >= 0.6 is 11.3 Å². The average molecular weight is 488 g/mol. The molecule has 5 aromatic rings. The Hall–Kier alpha value is -4.42. The Balaban J connectivity index is 1.67. The van der Waals surface area contributed by atoms with Crippen molar-refractivity contribution in [3.05, 3.63) is 106 Å². The summed E-state index contributed by atoms with van der Waals surface area (Å²) in [7, 11) is 0. The van der Waals surface area contributed by atoms with E-state index < -0.39 is 11.7 Å². The summed E-state index contributed by atoms with van der Waals surface area (Å²) >= 11 is 1.15. The van der Waals surface area contributed by atoms with Gasteiger partial charge in [-0.3, -0.25) is 0 Å². The van der Waals surface area contributed by atoms with Crippen LogP contribution in [0.4, 0.5) is 18.9 Å². The predicted octanol–water partition coefficient (Wildman–Crippen LogP) is 6.97. The standard InChI is InChI=1S/C26H15F3N4OS/c27-26(28,29)20-6-2-3-7-21(20)32-25-33(31-15-18-11-9-17(14-30)10-12-18)22(16-35-25)24-13-19-5-1-4-8-23(19)34-24/h1-13,15-16H. The van der Waals surface area contributed by atoms with Gasteiger partial charge in [0.15, 0.2) is 5.76 Å². The number of benzene rings is 3. The van der Waals surface area contributed by atoms with Crippen molar-refractivity contribution in [2.75, 3.05) is 0 Å². The van der Waals surface area contributed by atoms with Crippen LogP contribution in [0.5, 0.6) is 0 Å². The van der Waals surface area contributed by atoms with E-state index in [2.05, 4.69) is 16.2 Å². The number of hydrogen-bond acceptors (Lipinski definition) is 5. The monoisotopic (exact) mass is 488 g/mol. The molecule has 0 spiro atoms. The van der Waals surface area contributed by atoms with Crippen LogP contribution < -0.4 is 4.80 Å².